The standard InChI is InChI=1S/C54H54N4O2Si2/c1-39(2)29-31-59-44-35-41(36-45(38-44)60-32-30-40(3)4)54-52-24-22-43(56-52)37-42-21-23-48(55-42)46(19-15-11-13-17-33-61(5,6)7)49-25-26-50(57-49)47(51-27-28-53(54)58-51)20-16-12-14-18-34-62(8,9)10/h21-28,35-40,55-56H,29-32H2,1-10H3. The van der Waals surface area contributed by atoms with E-state index in [4.69, 9.17) is 19.4 Å². The average molecular weight is 847 g/mol. The Hall–Kier alpha value is -6.79. The molecule has 8 heteroatoms. The van der Waals surface area contributed by atoms with Gasteiger partial charge in [0.05, 0.1) is 52.6 Å². The van der Waals surface area contributed by atoms with Gasteiger partial charge in [-0.2, -0.15) is 0 Å². The summed E-state index contributed by atoms with van der Waals surface area (Å²) in [5.74, 6) is 32.9. The van der Waals surface area contributed by atoms with E-state index in [9.17, 15) is 0 Å². The summed E-state index contributed by atoms with van der Waals surface area (Å²) < 4.78 is 12.8. The lowest BCUT2D eigenvalue weighted by molar-refractivity contribution is 0.276. The molecule has 62 heavy (non-hydrogen) atoms. The number of nitrogens with zero attached hydrogens (tertiary/aromatic N) is 2. The Kier molecular flexibility index (Phi) is 14.6. The van der Waals surface area contributed by atoms with Gasteiger partial charge in [0.1, 0.15) is 27.6 Å². The highest BCUT2D eigenvalue weighted by molar-refractivity contribution is 6.84. The Bertz CT molecular complexity index is 2950. The maximum atomic E-state index is 6.38. The number of nitrogens with one attached hydrogen (secondary N) is 2. The molecule has 0 saturated heterocycles. The fraction of sp³-hybridized carbons (Fsp3) is 0.296. The smallest absolute Gasteiger partial charge is 0.130 e. The highest BCUT2D eigenvalue weighted by Crippen LogP contribution is 2.36. The van der Waals surface area contributed by atoms with Gasteiger partial charge < -0.3 is 19.4 Å². The van der Waals surface area contributed by atoms with Crippen LogP contribution in [0.3, 0.4) is 0 Å². The van der Waals surface area contributed by atoms with Gasteiger partial charge in [-0.3, -0.25) is 0 Å². The number of aromatic amines is 2. The number of H-pyrrole nitrogens is 2. The second kappa shape index (κ2) is 20.2. The summed E-state index contributed by atoms with van der Waals surface area (Å²) in [7, 11) is -3.13. The van der Waals surface area contributed by atoms with Crippen molar-refractivity contribution in [3.05, 3.63) is 82.4 Å². The largest absolute Gasteiger partial charge is 0.493 e. The minimum atomic E-state index is -1.58. The second-order valence-electron chi connectivity index (χ2n) is 18.1. The summed E-state index contributed by atoms with van der Waals surface area (Å²) in [5, 5.41) is 0. The van der Waals surface area contributed by atoms with Crippen LogP contribution in [0.15, 0.2) is 48.5 Å². The lowest BCUT2D eigenvalue weighted by Gasteiger charge is -2.14. The third-order valence-corrected chi connectivity index (χ3v) is 11.0. The van der Waals surface area contributed by atoms with Gasteiger partial charge in [-0.25, -0.2) is 9.97 Å². The molecule has 0 amide bonds. The van der Waals surface area contributed by atoms with E-state index >= 15 is 0 Å². The number of aromatic nitrogens is 4. The molecule has 0 unspecified atom stereocenters. The second-order valence-corrected chi connectivity index (χ2v) is 27.6. The lowest BCUT2D eigenvalue weighted by Crippen LogP contribution is -2.16. The van der Waals surface area contributed by atoms with Crippen LogP contribution in [0, 0.1) is 82.1 Å². The van der Waals surface area contributed by atoms with Crippen LogP contribution in [0.4, 0.5) is 0 Å². The van der Waals surface area contributed by atoms with Gasteiger partial charge in [0.15, 0.2) is 0 Å². The quantitative estimate of drug-likeness (QED) is 0.112. The zero-order chi connectivity index (χ0) is 44.3. The summed E-state index contributed by atoms with van der Waals surface area (Å²) in [6, 6.07) is 16.4. The van der Waals surface area contributed by atoms with Crippen LogP contribution in [-0.2, 0) is 0 Å². The van der Waals surface area contributed by atoms with Crippen molar-refractivity contribution >= 4 is 62.5 Å². The fourth-order valence-electron chi connectivity index (χ4n) is 6.16. The number of fused-ring (bicyclic) bond motifs is 8. The van der Waals surface area contributed by atoms with Crippen molar-refractivity contribution in [2.24, 2.45) is 11.8 Å². The van der Waals surface area contributed by atoms with Crippen LogP contribution in [0.2, 0.25) is 39.3 Å². The molecule has 6 rings (SSSR count). The highest BCUT2D eigenvalue weighted by atomic mass is 28.3. The van der Waals surface area contributed by atoms with Gasteiger partial charge >= 0.3 is 0 Å². The van der Waals surface area contributed by atoms with Crippen molar-refractivity contribution in [3.63, 3.8) is 0 Å². The molecular formula is C54H54N4O2Si2. The van der Waals surface area contributed by atoms with Crippen LogP contribution in [-0.4, -0.2) is 49.3 Å². The Balaban J connectivity index is 1.63. The van der Waals surface area contributed by atoms with Gasteiger partial charge in [-0.15, -0.1) is 11.1 Å². The Morgan fingerprint density at radius 2 is 0.968 bits per heavy atom. The molecule has 2 aliphatic rings. The maximum absolute atomic E-state index is 6.38. The minimum Gasteiger partial charge on any atom is -0.493 e. The molecule has 1 aromatic carbocycles. The zero-order valence-electron chi connectivity index (χ0n) is 37.6. The van der Waals surface area contributed by atoms with Gasteiger partial charge in [0.25, 0.3) is 0 Å². The third kappa shape index (κ3) is 13.1. The Morgan fingerprint density at radius 3 is 1.50 bits per heavy atom. The molecule has 4 aromatic rings. The van der Waals surface area contributed by atoms with Crippen molar-refractivity contribution in [2.75, 3.05) is 13.2 Å². The summed E-state index contributed by atoms with van der Waals surface area (Å²) >= 11 is 0. The fourth-order valence-corrected chi connectivity index (χ4v) is 7.04. The van der Waals surface area contributed by atoms with Crippen molar-refractivity contribution < 1.29 is 9.47 Å². The van der Waals surface area contributed by atoms with E-state index in [1.54, 1.807) is 0 Å². The van der Waals surface area contributed by atoms with Crippen LogP contribution in [0.5, 0.6) is 11.5 Å². The zero-order valence-corrected chi connectivity index (χ0v) is 39.6. The predicted molar refractivity (Wildman–Crippen MR) is 266 cm³/mol. The highest BCUT2D eigenvalue weighted by Gasteiger charge is 2.18. The van der Waals surface area contributed by atoms with Crippen molar-refractivity contribution in [1.82, 2.24) is 19.9 Å². The van der Waals surface area contributed by atoms with E-state index in [1.165, 1.54) is 0 Å². The average Bonchev–Trinajstić information content (AvgIpc) is 4.03. The molecule has 0 saturated carbocycles. The van der Waals surface area contributed by atoms with Gasteiger partial charge in [0.2, 0.25) is 0 Å². The first-order valence-corrected chi connectivity index (χ1v) is 28.2. The number of benzene rings is 1. The number of rotatable bonds is 9. The van der Waals surface area contributed by atoms with Crippen LogP contribution >= 0.6 is 0 Å². The van der Waals surface area contributed by atoms with E-state index in [0.717, 1.165) is 63.2 Å². The normalized spacial score (nSPS) is 11.4. The summed E-state index contributed by atoms with van der Waals surface area (Å²) in [4.78, 5) is 17.6. The monoisotopic (exact) mass is 846 g/mol. The van der Waals surface area contributed by atoms with Gasteiger partial charge in [-0.05, 0) is 156 Å². The topological polar surface area (TPSA) is 75.8 Å². The van der Waals surface area contributed by atoms with Crippen molar-refractivity contribution in [3.8, 4) is 92.9 Å². The van der Waals surface area contributed by atoms with Crippen molar-refractivity contribution in [1.29, 1.82) is 0 Å². The van der Waals surface area contributed by atoms with Crippen LogP contribution in [0.1, 0.15) is 74.4 Å². The van der Waals surface area contributed by atoms with Gasteiger partial charge in [0, 0.05) is 28.2 Å². The molecular weight excluding hydrogens is 793 g/mol. The SMILES string of the molecule is CC(C)CCOc1cc(OCCC(C)C)cc(-c2c3nc(c(C#CC#CC#C[Si](C)(C)C)c4nc(c(C#CC#CC#C[Si](C)(C)C)c5ccc(cc6ccc2[nH]6)[nH]5)C=C4)C=C3)c1. The molecule has 0 aliphatic carbocycles. The van der Waals surface area contributed by atoms with E-state index in [1.807, 2.05) is 42.5 Å². The van der Waals surface area contributed by atoms with Crippen LogP contribution < -0.4 is 9.47 Å². The summed E-state index contributed by atoms with van der Waals surface area (Å²) in [6.45, 7) is 23.1. The summed E-state index contributed by atoms with van der Waals surface area (Å²) in [6.07, 6.45) is 9.80. The number of hydrogen-bond donors (Lipinski definition) is 2. The number of ether oxygens (including phenoxy) is 2. The molecule has 0 radical (unpaired) electrons. The maximum Gasteiger partial charge on any atom is 0.130 e. The Labute approximate surface area is 370 Å². The van der Waals surface area contributed by atoms with E-state index in [2.05, 4.69) is 178 Å². The van der Waals surface area contributed by atoms with Crippen molar-refractivity contribution in [2.45, 2.75) is 79.8 Å². The first-order chi connectivity index (χ1) is 29.6. The predicted octanol–water partition coefficient (Wildman–Crippen LogP) is 11.6. The first kappa shape index (κ1) is 44.8. The molecule has 8 bridgehead atoms. The van der Waals surface area contributed by atoms with Gasteiger partial charge in [-0.1, -0.05) is 67.0 Å². The molecule has 0 atom stereocenters. The number of hydrogen-bond acceptors (Lipinski definition) is 4. The molecule has 5 heterocycles. The molecule has 0 spiro atoms. The summed E-state index contributed by atoms with van der Waals surface area (Å²) in [5.41, 5.74) is 15.9. The van der Waals surface area contributed by atoms with E-state index in [0.29, 0.717) is 53.3 Å². The molecule has 3 aromatic heterocycles. The third-order valence-electron chi connectivity index (χ3n) is 9.29. The molecule has 2 N–H and O–H groups in total. The Morgan fingerprint density at radius 1 is 0.516 bits per heavy atom. The molecule has 2 aliphatic heterocycles. The minimum absolute atomic E-state index is 0.515. The van der Waals surface area contributed by atoms with Crippen LogP contribution in [0.25, 0.3) is 57.5 Å². The lowest BCUT2D eigenvalue weighted by atomic mass is 10.0. The molecule has 310 valence electrons. The van der Waals surface area contributed by atoms with E-state index < -0.39 is 16.1 Å². The first-order valence-electron chi connectivity index (χ1n) is 21.2. The molecule has 0 fully saturated rings. The molecule has 6 nitrogen and oxygen atoms in total. The van der Waals surface area contributed by atoms with E-state index in [-0.39, 0.29) is 0 Å².